The summed E-state index contributed by atoms with van der Waals surface area (Å²) in [5.74, 6) is -0.377. The molecular weight excluding hydrogens is 311 g/mol. The molecule has 1 aliphatic heterocycles. The Morgan fingerprint density at radius 3 is 2.61 bits per heavy atom. The number of hydrogen-bond acceptors (Lipinski definition) is 4. The standard InChI is InChI=1S/C15H16F3N3O2/c16-15(17,18)14(23)4-6-21(7-5-14)10-13(22)20-12-3-1-2-11(8-12)9-19/h1-3,8,23H,4-7,10H2,(H,20,22). The smallest absolute Gasteiger partial charge is 0.380 e. The highest BCUT2D eigenvalue weighted by atomic mass is 19.4. The highest BCUT2D eigenvalue weighted by Gasteiger charge is 2.54. The van der Waals surface area contributed by atoms with Crippen LogP contribution in [0, 0.1) is 11.3 Å². The summed E-state index contributed by atoms with van der Waals surface area (Å²) in [5.41, 5.74) is -1.81. The summed E-state index contributed by atoms with van der Waals surface area (Å²) in [7, 11) is 0. The van der Waals surface area contributed by atoms with Crippen LogP contribution in [-0.2, 0) is 4.79 Å². The van der Waals surface area contributed by atoms with Crippen LogP contribution in [0.3, 0.4) is 0 Å². The Morgan fingerprint density at radius 2 is 2.04 bits per heavy atom. The van der Waals surface area contributed by atoms with Crippen LogP contribution in [0.5, 0.6) is 0 Å². The minimum Gasteiger partial charge on any atom is -0.380 e. The van der Waals surface area contributed by atoms with Gasteiger partial charge in [0.1, 0.15) is 0 Å². The number of anilines is 1. The van der Waals surface area contributed by atoms with Gasteiger partial charge in [-0.3, -0.25) is 9.69 Å². The lowest BCUT2D eigenvalue weighted by Crippen LogP contribution is -2.54. The molecule has 0 saturated carbocycles. The molecule has 1 amide bonds. The van der Waals surface area contributed by atoms with Crippen LogP contribution < -0.4 is 5.32 Å². The number of nitriles is 1. The molecule has 1 heterocycles. The summed E-state index contributed by atoms with van der Waals surface area (Å²) in [4.78, 5) is 13.5. The fraction of sp³-hybridized carbons (Fsp3) is 0.467. The highest BCUT2D eigenvalue weighted by Crippen LogP contribution is 2.38. The quantitative estimate of drug-likeness (QED) is 0.889. The maximum atomic E-state index is 12.7. The molecule has 1 fully saturated rings. The third kappa shape index (κ3) is 4.21. The number of carbonyl (C=O) groups is 1. The van der Waals surface area contributed by atoms with E-state index in [0.717, 1.165) is 0 Å². The number of carbonyl (C=O) groups excluding carboxylic acids is 1. The Balaban J connectivity index is 1.87. The van der Waals surface area contributed by atoms with E-state index in [1.807, 2.05) is 6.07 Å². The monoisotopic (exact) mass is 327 g/mol. The second kappa shape index (κ2) is 6.56. The van der Waals surface area contributed by atoms with E-state index in [2.05, 4.69) is 5.32 Å². The summed E-state index contributed by atoms with van der Waals surface area (Å²) in [5, 5.41) is 21.0. The first-order chi connectivity index (χ1) is 10.7. The van der Waals surface area contributed by atoms with E-state index in [0.29, 0.717) is 11.3 Å². The number of benzene rings is 1. The molecule has 0 bridgehead atoms. The molecule has 1 aliphatic rings. The van der Waals surface area contributed by atoms with Crippen molar-refractivity contribution in [2.45, 2.75) is 24.6 Å². The summed E-state index contributed by atoms with van der Waals surface area (Å²) < 4.78 is 38.1. The first-order valence-electron chi connectivity index (χ1n) is 7.05. The molecule has 0 radical (unpaired) electrons. The van der Waals surface area contributed by atoms with Crippen molar-refractivity contribution in [1.82, 2.24) is 4.90 Å². The average Bonchev–Trinajstić information content (AvgIpc) is 2.49. The van der Waals surface area contributed by atoms with Gasteiger partial charge < -0.3 is 10.4 Å². The van der Waals surface area contributed by atoms with Crippen molar-refractivity contribution in [3.05, 3.63) is 29.8 Å². The lowest BCUT2D eigenvalue weighted by atomic mass is 9.91. The number of alkyl halides is 3. The number of piperidine rings is 1. The molecule has 0 atom stereocenters. The number of halogens is 3. The summed E-state index contributed by atoms with van der Waals surface area (Å²) in [6.07, 6.45) is -5.56. The SMILES string of the molecule is N#Cc1cccc(NC(=O)CN2CCC(O)(C(F)(F)F)CC2)c1. The number of likely N-dealkylation sites (tertiary alicyclic amines) is 1. The van der Waals surface area contributed by atoms with Crippen molar-refractivity contribution in [1.29, 1.82) is 5.26 Å². The first-order valence-corrected chi connectivity index (χ1v) is 7.05. The minimum absolute atomic E-state index is 0.0122. The zero-order valence-corrected chi connectivity index (χ0v) is 12.2. The molecule has 23 heavy (non-hydrogen) atoms. The van der Waals surface area contributed by atoms with Gasteiger partial charge in [-0.2, -0.15) is 18.4 Å². The van der Waals surface area contributed by atoms with E-state index < -0.39 is 24.6 Å². The van der Waals surface area contributed by atoms with Crippen LogP contribution in [0.2, 0.25) is 0 Å². The van der Waals surface area contributed by atoms with Crippen LogP contribution >= 0.6 is 0 Å². The van der Waals surface area contributed by atoms with E-state index in [1.165, 1.54) is 6.07 Å². The zero-order valence-electron chi connectivity index (χ0n) is 12.2. The molecule has 2 N–H and O–H groups in total. The van der Waals surface area contributed by atoms with Crippen LogP contribution in [0.4, 0.5) is 18.9 Å². The molecule has 8 heteroatoms. The van der Waals surface area contributed by atoms with Crippen molar-refractivity contribution in [3.63, 3.8) is 0 Å². The zero-order chi connectivity index (χ0) is 17.1. The number of rotatable bonds is 3. The molecule has 5 nitrogen and oxygen atoms in total. The Morgan fingerprint density at radius 1 is 1.39 bits per heavy atom. The molecule has 0 aromatic heterocycles. The molecule has 0 aliphatic carbocycles. The molecule has 0 unspecified atom stereocenters. The van der Waals surface area contributed by atoms with Gasteiger partial charge in [-0.1, -0.05) is 6.07 Å². The Labute approximate surface area is 131 Å². The summed E-state index contributed by atoms with van der Waals surface area (Å²) in [6.45, 7) is -0.0892. The normalized spacial score (nSPS) is 18.2. The second-order valence-electron chi connectivity index (χ2n) is 5.55. The van der Waals surface area contributed by atoms with E-state index in [1.54, 1.807) is 23.1 Å². The summed E-state index contributed by atoms with van der Waals surface area (Å²) in [6, 6.07) is 8.30. The van der Waals surface area contributed by atoms with Gasteiger partial charge in [0.05, 0.1) is 18.2 Å². The second-order valence-corrected chi connectivity index (χ2v) is 5.55. The van der Waals surface area contributed by atoms with Gasteiger partial charge >= 0.3 is 6.18 Å². The average molecular weight is 327 g/mol. The first kappa shape index (κ1) is 17.2. The topological polar surface area (TPSA) is 76.4 Å². The van der Waals surface area contributed by atoms with Gasteiger partial charge in [-0.05, 0) is 31.0 Å². The predicted molar refractivity (Wildman–Crippen MR) is 76.5 cm³/mol. The van der Waals surface area contributed by atoms with Crippen LogP contribution in [-0.4, -0.2) is 47.3 Å². The third-order valence-corrected chi connectivity index (χ3v) is 3.85. The molecule has 2 rings (SSSR count). The number of nitrogens with zero attached hydrogens (tertiary/aromatic N) is 2. The maximum Gasteiger partial charge on any atom is 0.417 e. The van der Waals surface area contributed by atoms with Gasteiger partial charge in [0.15, 0.2) is 5.60 Å². The van der Waals surface area contributed by atoms with Gasteiger partial charge in [-0.15, -0.1) is 0 Å². The lowest BCUT2D eigenvalue weighted by Gasteiger charge is -2.38. The van der Waals surface area contributed by atoms with Crippen molar-refractivity contribution in [3.8, 4) is 6.07 Å². The van der Waals surface area contributed by atoms with Crippen LogP contribution in [0.25, 0.3) is 0 Å². The van der Waals surface area contributed by atoms with Crippen molar-refractivity contribution >= 4 is 11.6 Å². The minimum atomic E-state index is -4.65. The van der Waals surface area contributed by atoms with Crippen molar-refractivity contribution in [2.75, 3.05) is 25.0 Å². The van der Waals surface area contributed by atoms with Crippen molar-refractivity contribution < 1.29 is 23.1 Å². The molecule has 1 aromatic rings. The van der Waals surface area contributed by atoms with Crippen LogP contribution in [0.15, 0.2) is 24.3 Å². The molecule has 0 spiro atoms. The Kier molecular flexibility index (Phi) is 4.92. The van der Waals surface area contributed by atoms with Crippen LogP contribution in [0.1, 0.15) is 18.4 Å². The van der Waals surface area contributed by atoms with Gasteiger partial charge in [0.25, 0.3) is 0 Å². The van der Waals surface area contributed by atoms with Gasteiger partial charge in [0, 0.05) is 18.8 Å². The summed E-state index contributed by atoms with van der Waals surface area (Å²) >= 11 is 0. The van der Waals surface area contributed by atoms with E-state index in [4.69, 9.17) is 5.26 Å². The Hall–Kier alpha value is -2.11. The number of aliphatic hydroxyl groups is 1. The van der Waals surface area contributed by atoms with Gasteiger partial charge in [-0.25, -0.2) is 0 Å². The highest BCUT2D eigenvalue weighted by molar-refractivity contribution is 5.92. The Bertz CT molecular complexity index is 617. The molecule has 1 aromatic carbocycles. The maximum absolute atomic E-state index is 12.7. The van der Waals surface area contributed by atoms with Crippen molar-refractivity contribution in [2.24, 2.45) is 0 Å². The third-order valence-electron chi connectivity index (χ3n) is 3.85. The molecule has 124 valence electrons. The number of amides is 1. The molecule has 1 saturated heterocycles. The van der Waals surface area contributed by atoms with Gasteiger partial charge in [0.2, 0.25) is 5.91 Å². The van der Waals surface area contributed by atoms with E-state index in [-0.39, 0.29) is 25.5 Å². The predicted octanol–water partition coefficient (Wildman–Crippen LogP) is 1.89. The number of hydrogen-bond donors (Lipinski definition) is 2. The largest absolute Gasteiger partial charge is 0.417 e. The fourth-order valence-electron chi connectivity index (χ4n) is 2.43. The number of nitrogens with one attached hydrogen (secondary N) is 1. The fourth-order valence-corrected chi connectivity index (χ4v) is 2.43. The molecular formula is C15H16F3N3O2. The van der Waals surface area contributed by atoms with E-state index >= 15 is 0 Å². The van der Waals surface area contributed by atoms with E-state index in [9.17, 15) is 23.1 Å². The lowest BCUT2D eigenvalue weighted by molar-refractivity contribution is -0.272.